The van der Waals surface area contributed by atoms with Gasteiger partial charge in [-0.1, -0.05) is 25.5 Å². The van der Waals surface area contributed by atoms with E-state index in [-0.39, 0.29) is 47.3 Å². The second kappa shape index (κ2) is 6.43. The van der Waals surface area contributed by atoms with Crippen molar-refractivity contribution >= 4 is 17.7 Å². The zero-order chi connectivity index (χ0) is 18.5. The first-order chi connectivity index (χ1) is 11.8. The Morgan fingerprint density at radius 3 is 2.60 bits per heavy atom. The van der Waals surface area contributed by atoms with Crippen LogP contribution in [-0.2, 0) is 23.9 Å². The molecule has 136 valence electrons. The molecule has 1 aliphatic heterocycles. The van der Waals surface area contributed by atoms with Crippen LogP contribution >= 0.6 is 0 Å². The van der Waals surface area contributed by atoms with Crippen LogP contribution < -0.4 is 0 Å². The Hall–Kier alpha value is -1.91. The lowest BCUT2D eigenvalue weighted by molar-refractivity contribution is -0.149. The van der Waals surface area contributed by atoms with E-state index in [4.69, 9.17) is 9.47 Å². The summed E-state index contributed by atoms with van der Waals surface area (Å²) in [5, 5.41) is 0. The molecule has 1 saturated heterocycles. The van der Waals surface area contributed by atoms with Crippen molar-refractivity contribution in [1.29, 1.82) is 0 Å². The van der Waals surface area contributed by atoms with Crippen molar-refractivity contribution in [1.82, 2.24) is 0 Å². The summed E-state index contributed by atoms with van der Waals surface area (Å²) in [4.78, 5) is 37.1. The summed E-state index contributed by atoms with van der Waals surface area (Å²) in [5.41, 5.74) is 1.51. The zero-order valence-corrected chi connectivity index (χ0v) is 15.4. The lowest BCUT2D eigenvalue weighted by Crippen LogP contribution is -2.38. The van der Waals surface area contributed by atoms with Crippen LogP contribution in [0.25, 0.3) is 0 Å². The van der Waals surface area contributed by atoms with Gasteiger partial charge in [-0.25, -0.2) is 4.79 Å². The van der Waals surface area contributed by atoms with Gasteiger partial charge in [0.15, 0.2) is 5.78 Å². The highest BCUT2D eigenvalue weighted by molar-refractivity contribution is 5.96. The Kier molecular flexibility index (Phi) is 4.60. The second-order valence-electron chi connectivity index (χ2n) is 7.74. The van der Waals surface area contributed by atoms with Crippen LogP contribution in [0.3, 0.4) is 0 Å². The molecule has 25 heavy (non-hydrogen) atoms. The third-order valence-electron chi connectivity index (χ3n) is 6.21. The van der Waals surface area contributed by atoms with Gasteiger partial charge in [0.2, 0.25) is 0 Å². The SMILES string of the molecule is C/C=C(/C)C(=O)O[C@@H]1C[C@@H](C)[C@H]2C(=O)C=C(C)[C@H]2[C@@H]2OC(=O)[C@H](C)[C@H]21. The van der Waals surface area contributed by atoms with E-state index < -0.39 is 12.2 Å². The van der Waals surface area contributed by atoms with Crippen molar-refractivity contribution < 1.29 is 23.9 Å². The predicted molar refractivity (Wildman–Crippen MR) is 91.4 cm³/mol. The van der Waals surface area contributed by atoms with Gasteiger partial charge in [0.05, 0.1) is 5.92 Å². The quantitative estimate of drug-likeness (QED) is 0.568. The van der Waals surface area contributed by atoms with Gasteiger partial charge in [0.1, 0.15) is 12.2 Å². The van der Waals surface area contributed by atoms with Gasteiger partial charge in [-0.2, -0.15) is 0 Å². The fourth-order valence-electron chi connectivity index (χ4n) is 4.73. The molecule has 3 rings (SSSR count). The molecular weight excluding hydrogens is 320 g/mol. The Bertz CT molecular complexity index is 674. The molecule has 5 heteroatoms. The molecule has 1 heterocycles. The molecule has 7 atom stereocenters. The number of rotatable bonds is 2. The van der Waals surface area contributed by atoms with Gasteiger partial charge in [-0.15, -0.1) is 0 Å². The van der Waals surface area contributed by atoms with E-state index in [1.54, 1.807) is 26.0 Å². The van der Waals surface area contributed by atoms with Crippen LogP contribution in [0, 0.1) is 29.6 Å². The summed E-state index contributed by atoms with van der Waals surface area (Å²) < 4.78 is 11.5. The Labute approximate surface area is 148 Å². The number of allylic oxidation sites excluding steroid dienone is 2. The van der Waals surface area contributed by atoms with Gasteiger partial charge < -0.3 is 9.47 Å². The Morgan fingerprint density at radius 1 is 1.28 bits per heavy atom. The summed E-state index contributed by atoms with van der Waals surface area (Å²) in [7, 11) is 0. The number of ether oxygens (including phenoxy) is 2. The van der Waals surface area contributed by atoms with Crippen molar-refractivity contribution in [2.45, 2.75) is 53.2 Å². The molecular formula is C20H26O5. The Morgan fingerprint density at radius 2 is 1.96 bits per heavy atom. The van der Waals surface area contributed by atoms with E-state index in [2.05, 4.69) is 0 Å². The van der Waals surface area contributed by atoms with Crippen LogP contribution in [0.5, 0.6) is 0 Å². The fraction of sp³-hybridized carbons (Fsp3) is 0.650. The summed E-state index contributed by atoms with van der Waals surface area (Å²) in [5.74, 6) is -1.33. The maximum atomic E-state index is 12.5. The second-order valence-corrected chi connectivity index (χ2v) is 7.74. The minimum Gasteiger partial charge on any atom is -0.461 e. The molecule has 0 aromatic carbocycles. The molecule has 2 fully saturated rings. The average Bonchev–Trinajstić information content (AvgIpc) is 2.96. The van der Waals surface area contributed by atoms with E-state index in [0.29, 0.717) is 12.0 Å². The van der Waals surface area contributed by atoms with E-state index in [1.807, 2.05) is 20.8 Å². The minimum atomic E-state index is -0.421. The van der Waals surface area contributed by atoms with Crippen molar-refractivity contribution in [3.63, 3.8) is 0 Å². The van der Waals surface area contributed by atoms with Gasteiger partial charge in [-0.3, -0.25) is 9.59 Å². The average molecular weight is 346 g/mol. The molecule has 5 nitrogen and oxygen atoms in total. The number of hydrogen-bond donors (Lipinski definition) is 0. The van der Waals surface area contributed by atoms with Crippen molar-refractivity contribution in [3.05, 3.63) is 23.3 Å². The topological polar surface area (TPSA) is 69.7 Å². The predicted octanol–water partition coefficient (Wildman–Crippen LogP) is 2.84. The highest BCUT2D eigenvalue weighted by Crippen LogP contribution is 2.50. The van der Waals surface area contributed by atoms with E-state index in [0.717, 1.165) is 5.57 Å². The van der Waals surface area contributed by atoms with Crippen LogP contribution in [0.15, 0.2) is 23.3 Å². The summed E-state index contributed by atoms with van der Waals surface area (Å²) in [6.07, 6.45) is 3.15. The highest BCUT2D eigenvalue weighted by atomic mass is 16.6. The van der Waals surface area contributed by atoms with Crippen LogP contribution in [-0.4, -0.2) is 29.9 Å². The molecule has 1 saturated carbocycles. The maximum Gasteiger partial charge on any atom is 0.333 e. The Balaban J connectivity index is 1.98. The maximum absolute atomic E-state index is 12.5. The van der Waals surface area contributed by atoms with Gasteiger partial charge in [-0.05, 0) is 39.2 Å². The monoisotopic (exact) mass is 346 g/mol. The lowest BCUT2D eigenvalue weighted by atomic mass is 9.77. The number of carbonyl (C=O) groups is 3. The number of carbonyl (C=O) groups excluding carboxylic acids is 3. The van der Waals surface area contributed by atoms with E-state index in [1.165, 1.54) is 0 Å². The molecule has 0 radical (unpaired) electrons. The molecule has 0 amide bonds. The van der Waals surface area contributed by atoms with Crippen molar-refractivity contribution in [2.24, 2.45) is 29.6 Å². The molecule has 0 bridgehead atoms. The number of fused-ring (bicyclic) bond motifs is 3. The smallest absolute Gasteiger partial charge is 0.333 e. The molecule has 0 aromatic heterocycles. The van der Waals surface area contributed by atoms with Gasteiger partial charge in [0, 0.05) is 23.3 Å². The molecule has 0 unspecified atom stereocenters. The zero-order valence-electron chi connectivity index (χ0n) is 15.4. The minimum absolute atomic E-state index is 0.0615. The lowest BCUT2D eigenvalue weighted by Gasteiger charge is -2.29. The molecule has 0 aromatic rings. The third-order valence-corrected chi connectivity index (χ3v) is 6.21. The van der Waals surface area contributed by atoms with E-state index in [9.17, 15) is 14.4 Å². The van der Waals surface area contributed by atoms with E-state index >= 15 is 0 Å². The first kappa shape index (κ1) is 17.9. The van der Waals surface area contributed by atoms with Crippen molar-refractivity contribution in [3.8, 4) is 0 Å². The third kappa shape index (κ3) is 2.83. The highest BCUT2D eigenvalue weighted by Gasteiger charge is 2.58. The number of esters is 2. The first-order valence-electron chi connectivity index (χ1n) is 9.02. The molecule has 0 N–H and O–H groups in total. The molecule has 3 aliphatic rings. The fourth-order valence-corrected chi connectivity index (χ4v) is 4.73. The van der Waals surface area contributed by atoms with Crippen molar-refractivity contribution in [2.75, 3.05) is 0 Å². The summed E-state index contributed by atoms with van der Waals surface area (Å²) in [6.45, 7) is 9.29. The molecule has 2 aliphatic carbocycles. The van der Waals surface area contributed by atoms with Crippen LogP contribution in [0.2, 0.25) is 0 Å². The summed E-state index contributed by atoms with van der Waals surface area (Å²) >= 11 is 0. The van der Waals surface area contributed by atoms with Gasteiger partial charge in [0.25, 0.3) is 0 Å². The first-order valence-corrected chi connectivity index (χ1v) is 9.02. The van der Waals surface area contributed by atoms with Gasteiger partial charge >= 0.3 is 11.9 Å². The number of hydrogen-bond acceptors (Lipinski definition) is 5. The standard InChI is InChI=1S/C20H26O5/c1-6-9(2)19(22)24-14-8-11(4)15-13(21)7-10(3)16(15)18-17(14)12(5)20(23)25-18/h6-7,11-12,14-18H,8H2,1-5H3/b9-6-/t11-,12-,14-,15+,16-,17+,18+/m1/s1. The van der Waals surface area contributed by atoms with Crippen LogP contribution in [0.4, 0.5) is 0 Å². The molecule has 0 spiro atoms. The summed E-state index contributed by atoms with van der Waals surface area (Å²) in [6, 6.07) is 0. The number of ketones is 1. The normalized spacial score (nSPS) is 40.8. The van der Waals surface area contributed by atoms with Crippen LogP contribution in [0.1, 0.15) is 41.0 Å². The largest absolute Gasteiger partial charge is 0.461 e.